The second kappa shape index (κ2) is 12.8. The molecule has 2 aliphatic rings. The van der Waals surface area contributed by atoms with Crippen molar-refractivity contribution in [1.82, 2.24) is 24.8 Å². The van der Waals surface area contributed by atoms with Crippen molar-refractivity contribution in [2.45, 2.75) is 64.8 Å². The van der Waals surface area contributed by atoms with Gasteiger partial charge in [-0.25, -0.2) is 4.98 Å². The molecular formula is C26H41N7. The molecule has 0 radical (unpaired) electrons. The molecule has 1 aliphatic heterocycles. The Labute approximate surface area is 199 Å². The van der Waals surface area contributed by atoms with E-state index in [1.165, 1.54) is 43.4 Å². The molecule has 2 aromatic heterocycles. The highest BCUT2D eigenvalue weighted by molar-refractivity contribution is 5.50. The number of likely N-dealkylation sites (tertiary alicyclic amines) is 1. The number of nitrogens with one attached hydrogen (secondary N) is 1. The number of nitrogens with two attached hydrogens (primary N) is 2. The maximum atomic E-state index is 5.85. The van der Waals surface area contributed by atoms with Crippen molar-refractivity contribution in [3.8, 4) is 0 Å². The SMILES string of the molecule is C=C/C=C\c1c(C)nc(CNC)n1CC1CCCN(C(N)N)C1.c1cnc2c(c1)CCCC2. The van der Waals surface area contributed by atoms with Crippen molar-refractivity contribution in [2.75, 3.05) is 20.1 Å². The number of imidazole rings is 1. The van der Waals surface area contributed by atoms with E-state index in [9.17, 15) is 0 Å². The van der Waals surface area contributed by atoms with E-state index in [-0.39, 0.29) is 6.29 Å². The summed E-state index contributed by atoms with van der Waals surface area (Å²) in [5, 5.41) is 3.21. The third-order valence-electron chi connectivity index (χ3n) is 6.50. The molecular weight excluding hydrogens is 410 g/mol. The fourth-order valence-electron chi connectivity index (χ4n) is 4.82. The highest BCUT2D eigenvalue weighted by atomic mass is 15.3. The molecule has 4 rings (SSSR count). The molecule has 1 atom stereocenters. The summed E-state index contributed by atoms with van der Waals surface area (Å²) in [5.41, 5.74) is 16.7. The molecule has 1 saturated heterocycles. The topological polar surface area (TPSA) is 98.0 Å². The Hall–Kier alpha value is -2.32. The number of aryl methyl sites for hydroxylation is 3. The quantitative estimate of drug-likeness (QED) is 0.442. The Balaban J connectivity index is 0.000000252. The first-order valence-electron chi connectivity index (χ1n) is 12.2. The first kappa shape index (κ1) is 25.3. The Morgan fingerprint density at radius 2 is 2.09 bits per heavy atom. The highest BCUT2D eigenvalue weighted by Gasteiger charge is 2.24. The van der Waals surface area contributed by atoms with Gasteiger partial charge in [0.1, 0.15) is 12.1 Å². The summed E-state index contributed by atoms with van der Waals surface area (Å²) in [6.45, 7) is 9.45. The molecule has 0 saturated carbocycles. The van der Waals surface area contributed by atoms with Crippen LogP contribution in [0.25, 0.3) is 6.08 Å². The van der Waals surface area contributed by atoms with Crippen LogP contribution in [0.15, 0.2) is 37.1 Å². The predicted molar refractivity (Wildman–Crippen MR) is 136 cm³/mol. The standard InChI is InChI=1S/C17H30N6.C9H11N/c1-4-5-8-15-13(2)21-16(10-20-3)23(15)12-14-7-6-9-22(11-14)17(18)19;1-2-6-9-8(4-1)5-3-7-10-9/h4-5,8,14,17,20H,1,6-7,9-12,18-19H2,2-3H3;3,5,7H,1-2,4,6H2/b8-5-;. The van der Waals surface area contributed by atoms with Gasteiger partial charge in [0.05, 0.1) is 17.9 Å². The van der Waals surface area contributed by atoms with Gasteiger partial charge in [0.2, 0.25) is 0 Å². The largest absolute Gasteiger partial charge is 0.327 e. The third kappa shape index (κ3) is 7.08. The smallest absolute Gasteiger partial charge is 0.123 e. The lowest BCUT2D eigenvalue weighted by Gasteiger charge is -2.35. The fraction of sp³-hybridized carbons (Fsp3) is 0.538. The van der Waals surface area contributed by atoms with E-state index in [4.69, 9.17) is 16.5 Å². The van der Waals surface area contributed by atoms with Gasteiger partial charge in [0, 0.05) is 31.5 Å². The van der Waals surface area contributed by atoms with Crippen LogP contribution in [0.4, 0.5) is 0 Å². The summed E-state index contributed by atoms with van der Waals surface area (Å²) >= 11 is 0. The van der Waals surface area contributed by atoms with Crippen molar-refractivity contribution >= 4 is 6.08 Å². The Bertz CT molecular complexity index is 890. The number of rotatable bonds is 7. The van der Waals surface area contributed by atoms with Gasteiger partial charge in [-0.05, 0) is 76.1 Å². The van der Waals surface area contributed by atoms with E-state index in [0.717, 1.165) is 49.8 Å². The van der Waals surface area contributed by atoms with Gasteiger partial charge < -0.3 is 21.4 Å². The van der Waals surface area contributed by atoms with Gasteiger partial charge in [-0.15, -0.1) is 0 Å². The number of allylic oxidation sites excluding steroid dienone is 2. The lowest BCUT2D eigenvalue weighted by molar-refractivity contribution is 0.119. The number of nitrogens with zero attached hydrogens (tertiary/aromatic N) is 4. The Morgan fingerprint density at radius 3 is 2.82 bits per heavy atom. The monoisotopic (exact) mass is 451 g/mol. The lowest BCUT2D eigenvalue weighted by Crippen LogP contribution is -2.53. The Kier molecular flexibility index (Phi) is 9.81. The first-order chi connectivity index (χ1) is 16.0. The van der Waals surface area contributed by atoms with Crippen LogP contribution in [0.5, 0.6) is 0 Å². The van der Waals surface area contributed by atoms with Crippen molar-refractivity contribution < 1.29 is 0 Å². The van der Waals surface area contributed by atoms with E-state index in [1.54, 1.807) is 6.08 Å². The van der Waals surface area contributed by atoms with Crippen LogP contribution in [0, 0.1) is 12.8 Å². The predicted octanol–water partition coefficient (Wildman–Crippen LogP) is 2.98. The number of piperidine rings is 1. The molecule has 1 fully saturated rings. The summed E-state index contributed by atoms with van der Waals surface area (Å²) in [6, 6.07) is 4.23. The molecule has 0 bridgehead atoms. The molecule has 7 heteroatoms. The van der Waals surface area contributed by atoms with Crippen LogP contribution in [-0.2, 0) is 25.9 Å². The lowest BCUT2D eigenvalue weighted by atomic mass is 9.96. The molecule has 180 valence electrons. The van der Waals surface area contributed by atoms with Crippen LogP contribution < -0.4 is 16.8 Å². The second-order valence-corrected chi connectivity index (χ2v) is 9.04. The summed E-state index contributed by atoms with van der Waals surface area (Å²) < 4.78 is 2.32. The van der Waals surface area contributed by atoms with E-state index < -0.39 is 0 Å². The van der Waals surface area contributed by atoms with Crippen LogP contribution >= 0.6 is 0 Å². The maximum Gasteiger partial charge on any atom is 0.123 e. The number of hydrogen-bond acceptors (Lipinski definition) is 6. The Morgan fingerprint density at radius 1 is 1.27 bits per heavy atom. The van der Waals surface area contributed by atoms with Gasteiger partial charge in [-0.3, -0.25) is 9.88 Å². The number of aromatic nitrogens is 3. The average Bonchev–Trinajstić information content (AvgIpc) is 3.12. The highest BCUT2D eigenvalue weighted by Crippen LogP contribution is 2.22. The number of fused-ring (bicyclic) bond motifs is 1. The van der Waals surface area contributed by atoms with Crippen molar-refractivity contribution in [1.29, 1.82) is 0 Å². The van der Waals surface area contributed by atoms with E-state index >= 15 is 0 Å². The molecule has 3 heterocycles. The van der Waals surface area contributed by atoms with Crippen molar-refractivity contribution in [3.63, 3.8) is 0 Å². The molecule has 5 N–H and O–H groups in total. The molecule has 0 amide bonds. The van der Waals surface area contributed by atoms with Gasteiger partial charge in [-0.1, -0.05) is 24.8 Å². The molecule has 7 nitrogen and oxygen atoms in total. The van der Waals surface area contributed by atoms with Crippen LogP contribution in [0.2, 0.25) is 0 Å². The molecule has 1 aliphatic carbocycles. The van der Waals surface area contributed by atoms with Gasteiger partial charge in [0.15, 0.2) is 0 Å². The molecule has 0 spiro atoms. The molecule has 2 aromatic rings. The minimum atomic E-state index is -0.362. The van der Waals surface area contributed by atoms with Crippen molar-refractivity contribution in [2.24, 2.45) is 17.4 Å². The van der Waals surface area contributed by atoms with Crippen molar-refractivity contribution in [3.05, 3.63) is 65.5 Å². The second-order valence-electron chi connectivity index (χ2n) is 9.04. The van der Waals surface area contributed by atoms with Crippen LogP contribution in [0.3, 0.4) is 0 Å². The van der Waals surface area contributed by atoms with Gasteiger partial charge in [-0.2, -0.15) is 0 Å². The van der Waals surface area contributed by atoms with Gasteiger partial charge >= 0.3 is 0 Å². The first-order valence-corrected chi connectivity index (χ1v) is 12.2. The van der Waals surface area contributed by atoms with Gasteiger partial charge in [0.25, 0.3) is 0 Å². The maximum absolute atomic E-state index is 5.85. The molecule has 0 aromatic carbocycles. The van der Waals surface area contributed by atoms with Crippen LogP contribution in [0.1, 0.15) is 54.2 Å². The number of hydrogen-bond donors (Lipinski definition) is 3. The van der Waals surface area contributed by atoms with E-state index in [0.29, 0.717) is 5.92 Å². The summed E-state index contributed by atoms with van der Waals surface area (Å²) in [6.07, 6.45) is 14.8. The van der Waals surface area contributed by atoms with E-state index in [2.05, 4.69) is 45.4 Å². The minimum absolute atomic E-state index is 0.362. The zero-order valence-electron chi connectivity index (χ0n) is 20.3. The van der Waals surface area contributed by atoms with Crippen LogP contribution in [-0.4, -0.2) is 45.9 Å². The average molecular weight is 452 g/mol. The van der Waals surface area contributed by atoms with E-state index in [1.807, 2.05) is 25.4 Å². The summed E-state index contributed by atoms with van der Waals surface area (Å²) in [7, 11) is 1.95. The summed E-state index contributed by atoms with van der Waals surface area (Å²) in [5.74, 6) is 1.61. The zero-order valence-corrected chi connectivity index (χ0v) is 20.3. The summed E-state index contributed by atoms with van der Waals surface area (Å²) in [4.78, 5) is 11.2. The fourth-order valence-corrected chi connectivity index (χ4v) is 4.82. The zero-order chi connectivity index (χ0) is 23.6. The third-order valence-corrected chi connectivity index (χ3v) is 6.50. The normalized spacial score (nSPS) is 18.8. The minimum Gasteiger partial charge on any atom is -0.327 e. The molecule has 33 heavy (non-hydrogen) atoms. The number of pyridine rings is 1. The molecule has 1 unspecified atom stereocenters.